The van der Waals surface area contributed by atoms with E-state index < -0.39 is 0 Å². The molecule has 0 fully saturated rings. The molecule has 5 heteroatoms. The van der Waals surface area contributed by atoms with Crippen LogP contribution in [0.1, 0.15) is 0 Å². The third-order valence-electron chi connectivity index (χ3n) is 2.12. The fourth-order valence-electron chi connectivity index (χ4n) is 1.45. The van der Waals surface area contributed by atoms with E-state index in [1.807, 2.05) is 0 Å². The molecule has 0 N–H and O–H groups in total. The quantitative estimate of drug-likeness (QED) is 0.712. The van der Waals surface area contributed by atoms with Crippen LogP contribution in [-0.2, 0) is 9.59 Å². The van der Waals surface area contributed by atoms with Crippen molar-refractivity contribution < 1.29 is 14.3 Å². The Morgan fingerprint density at radius 3 is 3.07 bits per heavy atom. The lowest BCUT2D eigenvalue weighted by molar-refractivity contribution is -0.122. The van der Waals surface area contributed by atoms with E-state index in [4.69, 9.17) is 16.3 Å². The molecule has 0 aliphatic carbocycles. The largest absolute Gasteiger partial charge is 0.482 e. The molecular formula is C10H8ClNO3. The van der Waals surface area contributed by atoms with Gasteiger partial charge in [0.1, 0.15) is 12.0 Å². The van der Waals surface area contributed by atoms with E-state index in [0.29, 0.717) is 22.7 Å². The summed E-state index contributed by atoms with van der Waals surface area (Å²) in [6.45, 7) is -0.0159. The highest BCUT2D eigenvalue weighted by Gasteiger charge is 2.24. The first-order valence-corrected chi connectivity index (χ1v) is 4.76. The number of hydrogen-bond donors (Lipinski definition) is 0. The van der Waals surface area contributed by atoms with Crippen molar-refractivity contribution >= 4 is 29.5 Å². The highest BCUT2D eigenvalue weighted by molar-refractivity contribution is 6.31. The number of nitrogens with zero attached hydrogens (tertiary/aromatic N) is 1. The Hall–Kier alpha value is -1.55. The van der Waals surface area contributed by atoms with Crippen LogP contribution < -0.4 is 9.64 Å². The molecule has 0 radical (unpaired) electrons. The van der Waals surface area contributed by atoms with Crippen molar-refractivity contribution in [2.45, 2.75) is 0 Å². The van der Waals surface area contributed by atoms with Gasteiger partial charge in [-0.15, -0.1) is 0 Å². The van der Waals surface area contributed by atoms with Crippen molar-refractivity contribution in [2.24, 2.45) is 0 Å². The molecule has 2 rings (SSSR count). The van der Waals surface area contributed by atoms with Gasteiger partial charge in [0, 0.05) is 5.02 Å². The predicted octanol–water partition coefficient (Wildman–Crippen LogP) is 1.26. The molecule has 4 nitrogen and oxygen atoms in total. The van der Waals surface area contributed by atoms with E-state index in [-0.39, 0.29) is 19.1 Å². The monoisotopic (exact) mass is 225 g/mol. The first-order chi connectivity index (χ1) is 7.22. The van der Waals surface area contributed by atoms with Gasteiger partial charge in [0.15, 0.2) is 6.61 Å². The molecule has 0 bridgehead atoms. The number of rotatable bonds is 2. The molecule has 1 aromatic rings. The van der Waals surface area contributed by atoms with Crippen LogP contribution >= 0.6 is 11.6 Å². The average Bonchev–Trinajstić information content (AvgIpc) is 2.23. The van der Waals surface area contributed by atoms with Crippen molar-refractivity contribution in [1.29, 1.82) is 0 Å². The number of amides is 1. The minimum absolute atomic E-state index is 0.0233. The second-order valence-corrected chi connectivity index (χ2v) is 3.51. The third-order valence-corrected chi connectivity index (χ3v) is 2.36. The minimum Gasteiger partial charge on any atom is -0.482 e. The highest BCUT2D eigenvalue weighted by Crippen LogP contribution is 2.33. The molecule has 1 aliphatic rings. The van der Waals surface area contributed by atoms with Gasteiger partial charge in [-0.3, -0.25) is 9.69 Å². The summed E-state index contributed by atoms with van der Waals surface area (Å²) in [5, 5.41) is 0.503. The summed E-state index contributed by atoms with van der Waals surface area (Å²) in [7, 11) is 0. The number of fused-ring (bicyclic) bond motifs is 1. The Balaban J connectivity index is 2.45. The average molecular weight is 226 g/mol. The van der Waals surface area contributed by atoms with Gasteiger partial charge in [-0.1, -0.05) is 11.6 Å². The van der Waals surface area contributed by atoms with Crippen molar-refractivity contribution in [3.8, 4) is 5.75 Å². The first kappa shape index (κ1) is 9.98. The second kappa shape index (κ2) is 3.90. The third kappa shape index (κ3) is 1.80. The summed E-state index contributed by atoms with van der Waals surface area (Å²) >= 11 is 5.81. The van der Waals surface area contributed by atoms with E-state index in [9.17, 15) is 9.59 Å². The molecule has 78 valence electrons. The smallest absolute Gasteiger partial charge is 0.265 e. The van der Waals surface area contributed by atoms with Crippen LogP contribution in [0.15, 0.2) is 18.2 Å². The molecule has 15 heavy (non-hydrogen) atoms. The van der Waals surface area contributed by atoms with E-state index in [2.05, 4.69) is 0 Å². The molecule has 1 aromatic carbocycles. The topological polar surface area (TPSA) is 46.6 Å². The lowest BCUT2D eigenvalue weighted by Gasteiger charge is -2.27. The van der Waals surface area contributed by atoms with E-state index in [1.54, 1.807) is 18.2 Å². The lowest BCUT2D eigenvalue weighted by atomic mass is 10.2. The second-order valence-electron chi connectivity index (χ2n) is 3.07. The van der Waals surface area contributed by atoms with Gasteiger partial charge in [-0.05, 0) is 18.2 Å². The van der Waals surface area contributed by atoms with E-state index in [1.165, 1.54) is 4.90 Å². The summed E-state index contributed by atoms with van der Waals surface area (Å²) in [4.78, 5) is 23.3. The number of carbonyl (C=O) groups is 2. The lowest BCUT2D eigenvalue weighted by Crippen LogP contribution is -2.39. The Kier molecular flexibility index (Phi) is 2.60. The van der Waals surface area contributed by atoms with Crippen molar-refractivity contribution in [2.75, 3.05) is 18.1 Å². The number of halogens is 1. The van der Waals surface area contributed by atoms with Gasteiger partial charge in [-0.25, -0.2) is 0 Å². The van der Waals surface area contributed by atoms with Gasteiger partial charge < -0.3 is 9.53 Å². The summed E-state index contributed by atoms with van der Waals surface area (Å²) < 4.78 is 5.20. The molecule has 0 spiro atoms. The Morgan fingerprint density at radius 2 is 2.33 bits per heavy atom. The van der Waals surface area contributed by atoms with Crippen molar-refractivity contribution in [3.05, 3.63) is 23.2 Å². The minimum atomic E-state index is -0.239. The number of aldehydes is 1. The molecule has 0 atom stereocenters. The fourth-order valence-corrected chi connectivity index (χ4v) is 1.62. The van der Waals surface area contributed by atoms with Crippen LogP contribution in [0.2, 0.25) is 5.02 Å². The summed E-state index contributed by atoms with van der Waals surface area (Å²) in [5.74, 6) is 0.331. The highest BCUT2D eigenvalue weighted by atomic mass is 35.5. The van der Waals surface area contributed by atoms with Crippen LogP contribution in [0.5, 0.6) is 5.75 Å². The number of hydrogen-bond acceptors (Lipinski definition) is 3. The van der Waals surface area contributed by atoms with Crippen LogP contribution in [0.3, 0.4) is 0 Å². The van der Waals surface area contributed by atoms with E-state index in [0.717, 1.165) is 0 Å². The van der Waals surface area contributed by atoms with Gasteiger partial charge in [0.2, 0.25) is 0 Å². The molecule has 1 aliphatic heterocycles. The van der Waals surface area contributed by atoms with Gasteiger partial charge >= 0.3 is 0 Å². The maximum absolute atomic E-state index is 11.5. The summed E-state index contributed by atoms with van der Waals surface area (Å²) in [5.41, 5.74) is 0.547. The van der Waals surface area contributed by atoms with Crippen LogP contribution in [0, 0.1) is 0 Å². The number of benzene rings is 1. The first-order valence-electron chi connectivity index (χ1n) is 4.38. The zero-order valence-corrected chi connectivity index (χ0v) is 8.53. The Labute approximate surface area is 91.4 Å². The summed E-state index contributed by atoms with van der Waals surface area (Å²) in [6, 6.07) is 4.97. The SMILES string of the molecule is O=CCN1C(=O)COc2ccc(Cl)cc21. The van der Waals surface area contributed by atoms with Crippen molar-refractivity contribution in [3.63, 3.8) is 0 Å². The Morgan fingerprint density at radius 1 is 1.53 bits per heavy atom. The van der Waals surface area contributed by atoms with Crippen LogP contribution in [-0.4, -0.2) is 25.3 Å². The fraction of sp³-hybridized carbons (Fsp3) is 0.200. The van der Waals surface area contributed by atoms with Gasteiger partial charge in [0.25, 0.3) is 5.91 Å². The zero-order chi connectivity index (χ0) is 10.8. The Bertz CT molecular complexity index is 419. The molecule has 0 aromatic heterocycles. The summed E-state index contributed by atoms with van der Waals surface area (Å²) in [6.07, 6.45) is 0.675. The molecule has 1 amide bonds. The standard InChI is InChI=1S/C10H8ClNO3/c11-7-1-2-9-8(5-7)12(3-4-13)10(14)6-15-9/h1-2,4-5H,3,6H2. The maximum Gasteiger partial charge on any atom is 0.265 e. The van der Waals surface area contributed by atoms with Crippen LogP contribution in [0.25, 0.3) is 0 Å². The molecular weight excluding hydrogens is 218 g/mol. The van der Waals surface area contributed by atoms with Crippen LogP contribution in [0.4, 0.5) is 5.69 Å². The number of ether oxygens (including phenoxy) is 1. The maximum atomic E-state index is 11.5. The number of carbonyl (C=O) groups excluding carboxylic acids is 2. The number of anilines is 1. The molecule has 0 saturated carbocycles. The van der Waals surface area contributed by atoms with Crippen molar-refractivity contribution in [1.82, 2.24) is 0 Å². The van der Waals surface area contributed by atoms with E-state index >= 15 is 0 Å². The normalized spacial score (nSPS) is 14.5. The molecule has 1 heterocycles. The van der Waals surface area contributed by atoms with Gasteiger partial charge in [0.05, 0.1) is 12.2 Å². The molecule has 0 saturated heterocycles. The van der Waals surface area contributed by atoms with Gasteiger partial charge in [-0.2, -0.15) is 0 Å². The zero-order valence-electron chi connectivity index (χ0n) is 7.77. The molecule has 0 unspecified atom stereocenters. The predicted molar refractivity (Wildman–Crippen MR) is 55.4 cm³/mol.